The number of piperidine rings is 1. The van der Waals surface area contributed by atoms with Crippen molar-refractivity contribution in [1.82, 2.24) is 4.90 Å². The summed E-state index contributed by atoms with van der Waals surface area (Å²) in [6, 6.07) is 15.2. The van der Waals surface area contributed by atoms with Crippen LogP contribution in [0.5, 0.6) is 0 Å². The van der Waals surface area contributed by atoms with Gasteiger partial charge in [-0.05, 0) is 66.9 Å². The lowest BCUT2D eigenvalue weighted by molar-refractivity contribution is 0.221. The minimum Gasteiger partial charge on any atom is -0.361 e. The first kappa shape index (κ1) is 17.5. The van der Waals surface area contributed by atoms with Crippen LogP contribution < -0.4 is 5.32 Å². The largest absolute Gasteiger partial charge is 0.361 e. The highest BCUT2D eigenvalue weighted by Gasteiger charge is 2.11. The summed E-state index contributed by atoms with van der Waals surface area (Å²) < 4.78 is 1.10. The third kappa shape index (κ3) is 4.25. The number of rotatable bonds is 4. The number of halogens is 1. The van der Waals surface area contributed by atoms with Crippen molar-refractivity contribution in [2.45, 2.75) is 32.4 Å². The first-order chi connectivity index (χ1) is 12.8. The second kappa shape index (κ2) is 8.19. The molecule has 0 unspecified atom stereocenters. The van der Waals surface area contributed by atoms with E-state index in [0.717, 1.165) is 28.8 Å². The third-order valence-corrected chi connectivity index (χ3v) is 5.57. The smallest absolute Gasteiger partial charge is 0.0646 e. The molecule has 0 radical (unpaired) electrons. The molecule has 0 amide bonds. The van der Waals surface area contributed by atoms with Gasteiger partial charge in [0.15, 0.2) is 0 Å². The molecule has 3 nitrogen and oxygen atoms in total. The number of nitrogens with one attached hydrogen (secondary N) is 1. The third-order valence-electron chi connectivity index (χ3n) is 5.07. The summed E-state index contributed by atoms with van der Waals surface area (Å²) in [5, 5.41) is 3.42. The van der Waals surface area contributed by atoms with Gasteiger partial charge in [0, 0.05) is 34.7 Å². The Morgan fingerprint density at radius 1 is 1.04 bits per heavy atom. The molecule has 2 aromatic rings. The number of nitrogens with zero attached hydrogens (tertiary/aromatic N) is 2. The van der Waals surface area contributed by atoms with Crippen molar-refractivity contribution >= 4 is 33.4 Å². The van der Waals surface area contributed by atoms with Crippen LogP contribution in [-0.4, -0.2) is 24.2 Å². The van der Waals surface area contributed by atoms with Gasteiger partial charge in [-0.1, -0.05) is 40.5 Å². The average molecular weight is 410 g/mol. The van der Waals surface area contributed by atoms with Gasteiger partial charge in [-0.2, -0.15) is 0 Å². The molecular weight excluding hydrogens is 386 g/mol. The Bertz CT molecular complexity index is 818. The van der Waals surface area contributed by atoms with Crippen LogP contribution >= 0.6 is 15.9 Å². The fourth-order valence-electron chi connectivity index (χ4n) is 3.64. The molecule has 2 aliphatic rings. The molecule has 26 heavy (non-hydrogen) atoms. The highest BCUT2D eigenvalue weighted by Crippen LogP contribution is 2.26. The van der Waals surface area contributed by atoms with Gasteiger partial charge in [0.2, 0.25) is 0 Å². The van der Waals surface area contributed by atoms with Crippen molar-refractivity contribution in [1.29, 1.82) is 0 Å². The molecule has 2 heterocycles. The van der Waals surface area contributed by atoms with Crippen molar-refractivity contribution in [2.75, 3.05) is 18.4 Å². The quantitative estimate of drug-likeness (QED) is 0.724. The fraction of sp³-hybridized carbons (Fsp3) is 0.318. The van der Waals surface area contributed by atoms with E-state index in [1.165, 1.54) is 49.0 Å². The molecule has 1 N–H and O–H groups in total. The van der Waals surface area contributed by atoms with Crippen LogP contribution in [0.3, 0.4) is 0 Å². The van der Waals surface area contributed by atoms with Gasteiger partial charge in [-0.3, -0.25) is 9.89 Å². The van der Waals surface area contributed by atoms with Gasteiger partial charge < -0.3 is 5.32 Å². The maximum Gasteiger partial charge on any atom is 0.0646 e. The number of anilines is 1. The molecule has 0 aromatic heterocycles. The van der Waals surface area contributed by atoms with Crippen LogP contribution in [0.25, 0.3) is 5.57 Å². The first-order valence-corrected chi connectivity index (χ1v) is 10.1. The van der Waals surface area contributed by atoms with Crippen LogP contribution in [0, 0.1) is 0 Å². The number of benzene rings is 2. The van der Waals surface area contributed by atoms with E-state index in [0.29, 0.717) is 0 Å². The zero-order valence-electron chi connectivity index (χ0n) is 14.9. The Morgan fingerprint density at radius 3 is 2.65 bits per heavy atom. The highest BCUT2D eigenvalue weighted by molar-refractivity contribution is 9.10. The van der Waals surface area contributed by atoms with E-state index >= 15 is 0 Å². The Balaban J connectivity index is 1.42. The average Bonchev–Trinajstić information content (AvgIpc) is 2.68. The number of hydrogen-bond donors (Lipinski definition) is 1. The Hall–Kier alpha value is -1.91. The predicted molar refractivity (Wildman–Crippen MR) is 114 cm³/mol. The number of fused-ring (bicyclic) bond motifs is 1. The van der Waals surface area contributed by atoms with Gasteiger partial charge >= 0.3 is 0 Å². The summed E-state index contributed by atoms with van der Waals surface area (Å²) in [4.78, 5) is 7.03. The standard InChI is InChI=1S/C22H24BrN3/c23-20-6-9-22-18(12-20)13-24-14-19(22)15-25-21-7-4-17(5-8-21)16-26-10-2-1-3-11-26/h4-9,12,14-15,25H,1-3,10-11,13,16H2/b19-15+. The van der Waals surface area contributed by atoms with Crippen molar-refractivity contribution in [3.05, 3.63) is 69.8 Å². The topological polar surface area (TPSA) is 27.6 Å². The van der Waals surface area contributed by atoms with Crippen molar-refractivity contribution < 1.29 is 0 Å². The predicted octanol–water partition coefficient (Wildman–Crippen LogP) is 5.47. The molecule has 0 spiro atoms. The summed E-state index contributed by atoms with van der Waals surface area (Å²) >= 11 is 3.54. The van der Waals surface area contributed by atoms with Crippen LogP contribution in [0.15, 0.2) is 58.1 Å². The molecule has 0 bridgehead atoms. The minimum absolute atomic E-state index is 0.747. The molecule has 1 saturated heterocycles. The zero-order valence-corrected chi connectivity index (χ0v) is 16.5. The SMILES string of the molecule is Brc1ccc2c(c1)CN=C/C2=C\Nc1ccc(CN2CCCCC2)cc1. The van der Waals surface area contributed by atoms with Crippen LogP contribution in [0.1, 0.15) is 36.0 Å². The summed E-state index contributed by atoms with van der Waals surface area (Å²) in [7, 11) is 0. The summed E-state index contributed by atoms with van der Waals surface area (Å²) in [5.41, 5.74) is 6.12. The number of aliphatic imine (C=N–C) groups is 1. The zero-order chi connectivity index (χ0) is 17.8. The summed E-state index contributed by atoms with van der Waals surface area (Å²) in [5.74, 6) is 0. The summed E-state index contributed by atoms with van der Waals surface area (Å²) in [6.07, 6.45) is 8.07. The van der Waals surface area contributed by atoms with E-state index in [9.17, 15) is 0 Å². The molecule has 4 heteroatoms. The molecule has 0 aliphatic carbocycles. The second-order valence-electron chi connectivity index (χ2n) is 7.05. The van der Waals surface area contributed by atoms with E-state index in [1.807, 2.05) is 6.21 Å². The lowest BCUT2D eigenvalue weighted by Gasteiger charge is -2.26. The molecule has 0 saturated carbocycles. The maximum atomic E-state index is 4.47. The summed E-state index contributed by atoms with van der Waals surface area (Å²) in [6.45, 7) is 4.29. The number of hydrogen-bond acceptors (Lipinski definition) is 3. The van der Waals surface area contributed by atoms with E-state index in [-0.39, 0.29) is 0 Å². The van der Waals surface area contributed by atoms with Gasteiger partial charge in [0.1, 0.15) is 0 Å². The van der Waals surface area contributed by atoms with Gasteiger partial charge in [0.05, 0.1) is 6.54 Å². The minimum atomic E-state index is 0.747. The molecular formula is C22H24BrN3. The maximum absolute atomic E-state index is 4.47. The van der Waals surface area contributed by atoms with E-state index in [4.69, 9.17) is 0 Å². The lowest BCUT2D eigenvalue weighted by Crippen LogP contribution is -2.29. The normalized spacial score (nSPS) is 18.7. The van der Waals surface area contributed by atoms with Gasteiger partial charge in [-0.25, -0.2) is 0 Å². The molecule has 2 aromatic carbocycles. The number of likely N-dealkylation sites (tertiary alicyclic amines) is 1. The first-order valence-electron chi connectivity index (χ1n) is 9.34. The molecule has 1 fully saturated rings. The fourth-order valence-corrected chi connectivity index (χ4v) is 4.05. The second-order valence-corrected chi connectivity index (χ2v) is 7.96. The Kier molecular flexibility index (Phi) is 5.51. The van der Waals surface area contributed by atoms with Crippen LogP contribution in [-0.2, 0) is 13.1 Å². The molecule has 4 rings (SSSR count). The number of allylic oxidation sites excluding steroid dienone is 1. The molecule has 0 atom stereocenters. The van der Waals surface area contributed by atoms with E-state index in [2.05, 4.69) is 79.8 Å². The van der Waals surface area contributed by atoms with Crippen molar-refractivity contribution in [3.8, 4) is 0 Å². The van der Waals surface area contributed by atoms with Crippen LogP contribution in [0.2, 0.25) is 0 Å². The van der Waals surface area contributed by atoms with Gasteiger partial charge in [-0.15, -0.1) is 0 Å². The highest BCUT2D eigenvalue weighted by atomic mass is 79.9. The lowest BCUT2D eigenvalue weighted by atomic mass is 9.99. The Labute approximate surface area is 164 Å². The molecule has 2 aliphatic heterocycles. The van der Waals surface area contributed by atoms with Crippen molar-refractivity contribution in [2.24, 2.45) is 4.99 Å². The molecule has 134 valence electrons. The van der Waals surface area contributed by atoms with Gasteiger partial charge in [0.25, 0.3) is 0 Å². The monoisotopic (exact) mass is 409 g/mol. The van der Waals surface area contributed by atoms with Crippen LogP contribution in [0.4, 0.5) is 5.69 Å². The van der Waals surface area contributed by atoms with E-state index in [1.54, 1.807) is 0 Å². The Morgan fingerprint density at radius 2 is 1.85 bits per heavy atom. The van der Waals surface area contributed by atoms with Crippen molar-refractivity contribution in [3.63, 3.8) is 0 Å². The van der Waals surface area contributed by atoms with E-state index < -0.39 is 0 Å².